The molecule has 3 nitrogen and oxygen atoms in total. The molecule has 1 aliphatic heterocycles. The van der Waals surface area contributed by atoms with Crippen molar-refractivity contribution in [1.29, 1.82) is 0 Å². The predicted molar refractivity (Wildman–Crippen MR) is 95.2 cm³/mol. The monoisotopic (exact) mass is 386 g/mol. The Morgan fingerprint density at radius 3 is 2.64 bits per heavy atom. The van der Waals surface area contributed by atoms with Crippen molar-refractivity contribution in [2.45, 2.75) is 38.1 Å². The fraction of sp³-hybridized carbons (Fsp3) is 0.588. The quantitative estimate of drug-likeness (QED) is 0.862. The fourth-order valence-corrected chi connectivity index (χ4v) is 3.87. The topological polar surface area (TPSA) is 46.3 Å². The van der Waals surface area contributed by atoms with Crippen LogP contribution in [-0.2, 0) is 4.79 Å². The van der Waals surface area contributed by atoms with E-state index in [2.05, 4.69) is 39.9 Å². The maximum atomic E-state index is 12.6. The van der Waals surface area contributed by atoms with Gasteiger partial charge < -0.3 is 10.6 Å². The summed E-state index contributed by atoms with van der Waals surface area (Å²) in [4.78, 5) is 14.6. The van der Waals surface area contributed by atoms with E-state index in [1.807, 2.05) is 12.1 Å². The molecule has 1 heterocycles. The third-order valence-corrected chi connectivity index (χ3v) is 5.47. The normalized spacial score (nSPS) is 26.2. The average Bonchev–Trinajstić information content (AvgIpc) is 3.27. The first kappa shape index (κ1) is 17.8. The van der Waals surface area contributed by atoms with Crippen LogP contribution in [0.4, 0.5) is 0 Å². The van der Waals surface area contributed by atoms with E-state index < -0.39 is 0 Å². The largest absolute Gasteiger partial charge is 0.342 e. The van der Waals surface area contributed by atoms with Crippen molar-refractivity contribution in [3.63, 3.8) is 0 Å². The Balaban J connectivity index is 0.00000176. The number of likely N-dealkylation sites (tertiary alicyclic amines) is 1. The van der Waals surface area contributed by atoms with Crippen molar-refractivity contribution in [3.8, 4) is 0 Å². The van der Waals surface area contributed by atoms with E-state index in [-0.39, 0.29) is 24.4 Å². The summed E-state index contributed by atoms with van der Waals surface area (Å²) in [6.45, 7) is 3.84. The molecule has 0 bridgehead atoms. The van der Waals surface area contributed by atoms with Crippen LogP contribution in [0.1, 0.15) is 37.7 Å². The summed E-state index contributed by atoms with van der Waals surface area (Å²) in [5.41, 5.74) is 7.25. The third-order valence-electron chi connectivity index (χ3n) is 4.98. The number of nitrogens with zero attached hydrogens (tertiary/aromatic N) is 1. The first-order chi connectivity index (χ1) is 10.1. The minimum atomic E-state index is 0. The van der Waals surface area contributed by atoms with E-state index in [0.717, 1.165) is 36.8 Å². The number of hydrogen-bond donors (Lipinski definition) is 1. The lowest BCUT2D eigenvalue weighted by molar-refractivity contribution is -0.134. The van der Waals surface area contributed by atoms with Crippen LogP contribution in [0.2, 0.25) is 0 Å². The maximum Gasteiger partial charge on any atom is 0.226 e. The van der Waals surface area contributed by atoms with E-state index in [1.165, 1.54) is 5.56 Å². The Kier molecular flexibility index (Phi) is 5.92. The van der Waals surface area contributed by atoms with Gasteiger partial charge in [0, 0.05) is 29.5 Å². The number of rotatable bonds is 3. The van der Waals surface area contributed by atoms with Crippen molar-refractivity contribution in [3.05, 3.63) is 34.3 Å². The molecule has 0 radical (unpaired) electrons. The van der Waals surface area contributed by atoms with E-state index >= 15 is 0 Å². The van der Waals surface area contributed by atoms with Crippen LogP contribution in [0, 0.1) is 11.8 Å². The summed E-state index contributed by atoms with van der Waals surface area (Å²) in [6, 6.07) is 8.60. The first-order valence-corrected chi connectivity index (χ1v) is 8.65. The molecule has 2 N–H and O–H groups in total. The lowest BCUT2D eigenvalue weighted by Gasteiger charge is -2.34. The Bertz CT molecular complexity index is 529. The highest BCUT2D eigenvalue weighted by atomic mass is 79.9. The van der Waals surface area contributed by atoms with Crippen LogP contribution in [0.15, 0.2) is 28.7 Å². The molecule has 0 aromatic heterocycles. The number of hydrogen-bond acceptors (Lipinski definition) is 2. The SMILES string of the molecule is CC(N)C1CCN(C(=O)C2CC2c2cccc(Br)c2)CC1.Cl. The van der Waals surface area contributed by atoms with Gasteiger partial charge in [0.2, 0.25) is 5.91 Å². The molecule has 1 saturated heterocycles. The van der Waals surface area contributed by atoms with Crippen LogP contribution < -0.4 is 5.73 Å². The highest BCUT2D eigenvalue weighted by Crippen LogP contribution is 2.49. The number of benzene rings is 1. The highest BCUT2D eigenvalue weighted by Gasteiger charge is 2.46. The third kappa shape index (κ3) is 3.84. The van der Waals surface area contributed by atoms with Crippen molar-refractivity contribution >= 4 is 34.2 Å². The van der Waals surface area contributed by atoms with Crippen molar-refractivity contribution < 1.29 is 4.79 Å². The number of piperidine rings is 1. The van der Waals surface area contributed by atoms with Gasteiger partial charge in [-0.2, -0.15) is 0 Å². The zero-order chi connectivity index (χ0) is 15.0. The molecule has 1 saturated carbocycles. The molecule has 3 unspecified atom stereocenters. The molecule has 2 aliphatic rings. The van der Waals surface area contributed by atoms with E-state index in [1.54, 1.807) is 0 Å². The molecule has 3 rings (SSSR count). The second-order valence-corrected chi connectivity index (χ2v) is 7.44. The molecule has 5 heteroatoms. The molecular weight excluding hydrogens is 364 g/mol. The number of halogens is 2. The molecular formula is C17H24BrClN2O. The Labute approximate surface area is 147 Å². The van der Waals surface area contributed by atoms with Crippen LogP contribution in [-0.4, -0.2) is 29.9 Å². The van der Waals surface area contributed by atoms with Crippen LogP contribution in [0.3, 0.4) is 0 Å². The van der Waals surface area contributed by atoms with Crippen LogP contribution in [0.25, 0.3) is 0 Å². The number of carbonyl (C=O) groups excluding carboxylic acids is 1. The maximum absolute atomic E-state index is 12.6. The Morgan fingerprint density at radius 2 is 2.05 bits per heavy atom. The van der Waals surface area contributed by atoms with Gasteiger partial charge in [0.1, 0.15) is 0 Å². The van der Waals surface area contributed by atoms with Gasteiger partial charge in [-0.25, -0.2) is 0 Å². The summed E-state index contributed by atoms with van der Waals surface area (Å²) in [6.07, 6.45) is 3.11. The molecule has 1 aliphatic carbocycles. The molecule has 1 amide bonds. The summed E-state index contributed by atoms with van der Waals surface area (Å²) >= 11 is 3.50. The minimum Gasteiger partial charge on any atom is -0.342 e. The minimum absolute atomic E-state index is 0. The molecule has 1 aromatic rings. The predicted octanol–water partition coefficient (Wildman–Crippen LogP) is 3.56. The molecule has 1 aromatic carbocycles. The fourth-order valence-electron chi connectivity index (χ4n) is 3.45. The van der Waals surface area contributed by atoms with Crippen molar-refractivity contribution in [2.24, 2.45) is 17.6 Å². The smallest absolute Gasteiger partial charge is 0.226 e. The van der Waals surface area contributed by atoms with E-state index in [4.69, 9.17) is 5.73 Å². The Hall–Kier alpha value is -0.580. The zero-order valence-corrected chi connectivity index (χ0v) is 15.3. The number of amides is 1. The van der Waals surface area contributed by atoms with Crippen LogP contribution in [0.5, 0.6) is 0 Å². The van der Waals surface area contributed by atoms with Crippen molar-refractivity contribution in [2.75, 3.05) is 13.1 Å². The van der Waals surface area contributed by atoms with Gasteiger partial charge in [-0.05, 0) is 55.7 Å². The summed E-state index contributed by atoms with van der Waals surface area (Å²) in [5.74, 6) is 1.55. The standard InChI is InChI=1S/C17H23BrN2O.ClH/c1-11(19)12-5-7-20(8-6-12)17(21)16-10-15(16)13-3-2-4-14(18)9-13;/h2-4,9,11-12,15-16H,5-8,10,19H2,1H3;1H. The van der Waals surface area contributed by atoms with Crippen molar-refractivity contribution in [1.82, 2.24) is 4.90 Å². The van der Waals surface area contributed by atoms with Gasteiger partial charge >= 0.3 is 0 Å². The lowest BCUT2D eigenvalue weighted by Crippen LogP contribution is -2.43. The zero-order valence-electron chi connectivity index (χ0n) is 12.9. The number of carbonyl (C=O) groups is 1. The van der Waals surface area contributed by atoms with Gasteiger partial charge in [0.15, 0.2) is 0 Å². The highest BCUT2D eigenvalue weighted by molar-refractivity contribution is 9.10. The summed E-state index contributed by atoms with van der Waals surface area (Å²) < 4.78 is 1.09. The molecule has 0 spiro atoms. The number of nitrogens with two attached hydrogens (primary N) is 1. The molecule has 22 heavy (non-hydrogen) atoms. The average molecular weight is 388 g/mol. The van der Waals surface area contributed by atoms with Gasteiger partial charge in [-0.15, -0.1) is 12.4 Å². The van der Waals surface area contributed by atoms with E-state index in [9.17, 15) is 4.79 Å². The summed E-state index contributed by atoms with van der Waals surface area (Å²) in [7, 11) is 0. The van der Waals surface area contributed by atoms with Gasteiger partial charge in [-0.1, -0.05) is 28.1 Å². The van der Waals surface area contributed by atoms with E-state index in [0.29, 0.717) is 17.7 Å². The molecule has 122 valence electrons. The van der Waals surface area contributed by atoms with Gasteiger partial charge in [-0.3, -0.25) is 4.79 Å². The molecule has 3 atom stereocenters. The lowest BCUT2D eigenvalue weighted by atomic mass is 9.91. The first-order valence-electron chi connectivity index (χ1n) is 7.86. The van der Waals surface area contributed by atoms with Crippen LogP contribution >= 0.6 is 28.3 Å². The van der Waals surface area contributed by atoms with Gasteiger partial charge in [0.05, 0.1) is 0 Å². The molecule has 2 fully saturated rings. The summed E-state index contributed by atoms with van der Waals surface area (Å²) in [5, 5.41) is 0. The second kappa shape index (κ2) is 7.33. The second-order valence-electron chi connectivity index (χ2n) is 6.53. The van der Waals surface area contributed by atoms with Gasteiger partial charge in [0.25, 0.3) is 0 Å². The Morgan fingerprint density at radius 1 is 1.36 bits per heavy atom.